The van der Waals surface area contributed by atoms with Crippen molar-refractivity contribution in [3.8, 4) is 5.75 Å². The molecule has 3 atom stereocenters. The summed E-state index contributed by atoms with van der Waals surface area (Å²) in [5, 5.41) is 10.2. The van der Waals surface area contributed by atoms with Crippen LogP contribution in [0.4, 0.5) is 0 Å². The first-order chi connectivity index (χ1) is 10.2. The maximum absolute atomic E-state index is 10.2. The molecule has 0 bridgehead atoms. The van der Waals surface area contributed by atoms with Crippen LogP contribution in [0.1, 0.15) is 57.6 Å². The van der Waals surface area contributed by atoms with Gasteiger partial charge in [-0.1, -0.05) is 38.3 Å². The predicted molar refractivity (Wildman–Crippen MR) is 84.6 cm³/mol. The molecule has 0 amide bonds. The molecule has 3 unspecified atom stereocenters. The van der Waals surface area contributed by atoms with E-state index in [9.17, 15) is 5.11 Å². The van der Waals surface area contributed by atoms with Gasteiger partial charge in [0.2, 0.25) is 0 Å². The van der Waals surface area contributed by atoms with Gasteiger partial charge in [0.15, 0.2) is 0 Å². The molecule has 1 aliphatic carbocycles. The van der Waals surface area contributed by atoms with Gasteiger partial charge in [-0.25, -0.2) is 0 Å². The van der Waals surface area contributed by atoms with Crippen LogP contribution in [0, 0.1) is 5.92 Å². The van der Waals surface area contributed by atoms with Crippen molar-refractivity contribution in [2.75, 3.05) is 13.2 Å². The Kier molecular flexibility index (Phi) is 6.52. The molecule has 1 aromatic carbocycles. The van der Waals surface area contributed by atoms with Crippen LogP contribution < -0.4 is 4.74 Å². The second-order valence-electron chi connectivity index (χ2n) is 5.91. The largest absolute Gasteiger partial charge is 0.494 e. The van der Waals surface area contributed by atoms with Gasteiger partial charge >= 0.3 is 0 Å². The van der Waals surface area contributed by atoms with Crippen LogP contribution in [0.25, 0.3) is 0 Å². The van der Waals surface area contributed by atoms with E-state index in [0.29, 0.717) is 19.3 Å². The molecule has 1 saturated carbocycles. The highest BCUT2D eigenvalue weighted by Gasteiger charge is 2.22. The van der Waals surface area contributed by atoms with Gasteiger partial charge in [0.1, 0.15) is 11.9 Å². The van der Waals surface area contributed by atoms with Crippen molar-refractivity contribution >= 4 is 0 Å². The fraction of sp³-hybridized carbons (Fsp3) is 0.667. The van der Waals surface area contributed by atoms with E-state index in [1.165, 1.54) is 19.3 Å². The Balaban J connectivity index is 1.79. The van der Waals surface area contributed by atoms with E-state index in [1.807, 2.05) is 31.2 Å². The third kappa shape index (κ3) is 5.01. The van der Waals surface area contributed by atoms with Crippen LogP contribution in [0.15, 0.2) is 24.3 Å². The zero-order valence-corrected chi connectivity index (χ0v) is 13.3. The Hall–Kier alpha value is -1.06. The summed E-state index contributed by atoms with van der Waals surface area (Å²) in [5.41, 5.74) is 0.890. The van der Waals surface area contributed by atoms with Crippen molar-refractivity contribution in [1.82, 2.24) is 0 Å². The quantitative estimate of drug-likeness (QED) is 0.822. The van der Waals surface area contributed by atoms with Crippen molar-refractivity contribution in [2.45, 2.75) is 58.2 Å². The lowest BCUT2D eigenvalue weighted by molar-refractivity contribution is -0.0339. The third-order valence-corrected chi connectivity index (χ3v) is 4.38. The first-order valence-corrected chi connectivity index (χ1v) is 8.25. The second kappa shape index (κ2) is 8.40. The molecule has 1 aromatic rings. The maximum Gasteiger partial charge on any atom is 0.119 e. The van der Waals surface area contributed by atoms with Crippen molar-refractivity contribution in [1.29, 1.82) is 0 Å². The van der Waals surface area contributed by atoms with Gasteiger partial charge in [0, 0.05) is 0 Å². The highest BCUT2D eigenvalue weighted by molar-refractivity contribution is 5.28. The number of rotatable bonds is 7. The van der Waals surface area contributed by atoms with E-state index in [-0.39, 0.29) is 0 Å². The molecule has 21 heavy (non-hydrogen) atoms. The molecule has 1 N–H and O–H groups in total. The van der Waals surface area contributed by atoms with E-state index in [0.717, 1.165) is 30.1 Å². The molecule has 0 radical (unpaired) electrons. The Morgan fingerprint density at radius 2 is 1.95 bits per heavy atom. The summed E-state index contributed by atoms with van der Waals surface area (Å²) in [4.78, 5) is 0. The molecule has 0 aliphatic heterocycles. The number of hydrogen-bond donors (Lipinski definition) is 1. The summed E-state index contributed by atoms with van der Waals surface area (Å²) >= 11 is 0. The minimum Gasteiger partial charge on any atom is -0.494 e. The topological polar surface area (TPSA) is 38.7 Å². The number of benzene rings is 1. The standard InChI is InChI=1S/C18H28O3/c1-3-14-6-5-7-17(12-14)21-13-18(19)15-8-10-16(11-9-15)20-4-2/h8-11,14,17-19H,3-7,12-13H2,1-2H3. The smallest absolute Gasteiger partial charge is 0.119 e. The first kappa shape index (κ1) is 16.3. The average Bonchev–Trinajstić information content (AvgIpc) is 2.54. The van der Waals surface area contributed by atoms with Gasteiger partial charge in [-0.15, -0.1) is 0 Å². The maximum atomic E-state index is 10.2. The molecule has 0 spiro atoms. The lowest BCUT2D eigenvalue weighted by Crippen LogP contribution is -2.24. The van der Waals surface area contributed by atoms with E-state index < -0.39 is 6.10 Å². The monoisotopic (exact) mass is 292 g/mol. The Labute approximate surface area is 128 Å². The summed E-state index contributed by atoms with van der Waals surface area (Å²) in [6.07, 6.45) is 5.86. The van der Waals surface area contributed by atoms with Gasteiger partial charge in [-0.2, -0.15) is 0 Å². The summed E-state index contributed by atoms with van der Waals surface area (Å²) in [6, 6.07) is 7.62. The molecule has 1 fully saturated rings. The molecule has 0 saturated heterocycles. The molecule has 0 heterocycles. The zero-order valence-electron chi connectivity index (χ0n) is 13.3. The van der Waals surface area contributed by atoms with Gasteiger partial charge < -0.3 is 14.6 Å². The van der Waals surface area contributed by atoms with Gasteiger partial charge in [0.25, 0.3) is 0 Å². The number of hydrogen-bond acceptors (Lipinski definition) is 3. The van der Waals surface area contributed by atoms with Crippen LogP contribution in [0.3, 0.4) is 0 Å². The molecule has 3 nitrogen and oxygen atoms in total. The molecule has 3 heteroatoms. The molecule has 2 rings (SSSR count). The Morgan fingerprint density at radius 1 is 1.19 bits per heavy atom. The molecule has 1 aliphatic rings. The van der Waals surface area contributed by atoms with Crippen molar-refractivity contribution in [3.63, 3.8) is 0 Å². The van der Waals surface area contributed by atoms with Crippen LogP contribution in [-0.4, -0.2) is 24.4 Å². The fourth-order valence-electron chi connectivity index (χ4n) is 3.04. The molecule has 118 valence electrons. The van der Waals surface area contributed by atoms with Gasteiger partial charge in [-0.3, -0.25) is 0 Å². The highest BCUT2D eigenvalue weighted by atomic mass is 16.5. The molecule has 0 aromatic heterocycles. The van der Waals surface area contributed by atoms with Crippen molar-refractivity contribution in [2.24, 2.45) is 5.92 Å². The van der Waals surface area contributed by atoms with Crippen molar-refractivity contribution < 1.29 is 14.6 Å². The van der Waals surface area contributed by atoms with Crippen LogP contribution in [0.5, 0.6) is 5.75 Å². The minimum absolute atomic E-state index is 0.320. The lowest BCUT2D eigenvalue weighted by atomic mass is 9.85. The highest BCUT2D eigenvalue weighted by Crippen LogP contribution is 2.29. The minimum atomic E-state index is -0.553. The Morgan fingerprint density at radius 3 is 2.62 bits per heavy atom. The molecular formula is C18H28O3. The van der Waals surface area contributed by atoms with Crippen LogP contribution in [-0.2, 0) is 4.74 Å². The Bertz CT molecular complexity index is 401. The van der Waals surface area contributed by atoms with E-state index in [1.54, 1.807) is 0 Å². The predicted octanol–water partition coefficient (Wildman–Crippen LogP) is 4.10. The van der Waals surface area contributed by atoms with Gasteiger partial charge in [-0.05, 0) is 43.4 Å². The summed E-state index contributed by atoms with van der Waals surface area (Å²) in [7, 11) is 0. The van der Waals surface area contributed by atoms with E-state index >= 15 is 0 Å². The first-order valence-electron chi connectivity index (χ1n) is 8.25. The average molecular weight is 292 g/mol. The lowest BCUT2D eigenvalue weighted by Gasteiger charge is -2.29. The summed E-state index contributed by atoms with van der Waals surface area (Å²) < 4.78 is 11.3. The number of aliphatic hydroxyl groups is 1. The van der Waals surface area contributed by atoms with Crippen LogP contribution >= 0.6 is 0 Å². The number of aliphatic hydroxyl groups excluding tert-OH is 1. The van der Waals surface area contributed by atoms with E-state index in [4.69, 9.17) is 9.47 Å². The summed E-state index contributed by atoms with van der Waals surface area (Å²) in [6.45, 7) is 5.26. The normalized spacial score (nSPS) is 23.8. The van der Waals surface area contributed by atoms with Crippen LogP contribution in [0.2, 0.25) is 0 Å². The zero-order chi connectivity index (χ0) is 15.1. The SMILES string of the molecule is CCOc1ccc(C(O)COC2CCCC(CC)C2)cc1. The fourth-order valence-corrected chi connectivity index (χ4v) is 3.04. The van der Waals surface area contributed by atoms with E-state index in [2.05, 4.69) is 6.92 Å². The van der Waals surface area contributed by atoms with Gasteiger partial charge in [0.05, 0.1) is 19.3 Å². The third-order valence-electron chi connectivity index (χ3n) is 4.38. The van der Waals surface area contributed by atoms with Crippen molar-refractivity contribution in [3.05, 3.63) is 29.8 Å². The molecular weight excluding hydrogens is 264 g/mol. The number of ether oxygens (including phenoxy) is 2. The second-order valence-corrected chi connectivity index (χ2v) is 5.91. The summed E-state index contributed by atoms with van der Waals surface area (Å²) in [5.74, 6) is 1.64.